The van der Waals surface area contributed by atoms with Crippen molar-refractivity contribution < 1.29 is 8.42 Å². The van der Waals surface area contributed by atoms with Crippen LogP contribution in [0, 0.1) is 0 Å². The van der Waals surface area contributed by atoms with Crippen molar-refractivity contribution in [2.24, 2.45) is 0 Å². The molecule has 0 fully saturated rings. The number of pyridine rings is 1. The molecular formula is C19H14N2O2S. The normalized spacial score (nSPS) is 11.7. The van der Waals surface area contributed by atoms with E-state index in [1.165, 1.54) is 12.3 Å². The molecule has 0 aliphatic heterocycles. The first-order valence-electron chi connectivity index (χ1n) is 7.50. The molecule has 0 atom stereocenters. The van der Waals surface area contributed by atoms with Gasteiger partial charge in [0.2, 0.25) is 9.84 Å². The maximum absolute atomic E-state index is 13.2. The lowest BCUT2D eigenvalue weighted by molar-refractivity contribution is 0.593. The summed E-state index contributed by atoms with van der Waals surface area (Å²) in [6.45, 7) is 0. The molecule has 0 bridgehead atoms. The van der Waals surface area contributed by atoms with E-state index in [4.69, 9.17) is 0 Å². The molecule has 24 heavy (non-hydrogen) atoms. The standard InChI is InChI=1S/C19H14N2O2S/c22-24(23,17-12-6-7-13-20-17)19-15-10-4-5-11-16(15)21-18(19)14-8-2-1-3-9-14/h1-13,21H. The Hall–Kier alpha value is -2.92. The van der Waals surface area contributed by atoms with Gasteiger partial charge in [0.25, 0.3) is 0 Å². The summed E-state index contributed by atoms with van der Waals surface area (Å²) in [5.41, 5.74) is 2.19. The predicted molar refractivity (Wildman–Crippen MR) is 93.4 cm³/mol. The van der Waals surface area contributed by atoms with E-state index in [0.717, 1.165) is 11.1 Å². The highest BCUT2D eigenvalue weighted by atomic mass is 32.2. The fraction of sp³-hybridized carbons (Fsp3) is 0. The third-order valence-electron chi connectivity index (χ3n) is 3.90. The van der Waals surface area contributed by atoms with Gasteiger partial charge in [0.15, 0.2) is 5.03 Å². The molecule has 0 aliphatic carbocycles. The number of sulfone groups is 1. The second kappa shape index (κ2) is 5.62. The topological polar surface area (TPSA) is 62.8 Å². The van der Waals surface area contributed by atoms with Gasteiger partial charge < -0.3 is 4.98 Å². The summed E-state index contributed by atoms with van der Waals surface area (Å²) in [5.74, 6) is 0. The molecule has 2 aromatic carbocycles. The Labute approximate surface area is 139 Å². The van der Waals surface area contributed by atoms with Gasteiger partial charge in [-0.2, -0.15) is 0 Å². The lowest BCUT2D eigenvalue weighted by Gasteiger charge is -2.06. The fourth-order valence-corrected chi connectivity index (χ4v) is 4.39. The highest BCUT2D eigenvalue weighted by Crippen LogP contribution is 2.36. The summed E-state index contributed by atoms with van der Waals surface area (Å²) in [6.07, 6.45) is 1.49. The summed E-state index contributed by atoms with van der Waals surface area (Å²) in [7, 11) is -3.74. The van der Waals surface area contributed by atoms with Crippen molar-refractivity contribution in [3.05, 3.63) is 79.0 Å². The summed E-state index contributed by atoms with van der Waals surface area (Å²) in [4.78, 5) is 7.56. The summed E-state index contributed by atoms with van der Waals surface area (Å²) in [5, 5.41) is 0.717. The fourth-order valence-electron chi connectivity index (χ4n) is 2.81. The largest absolute Gasteiger partial charge is 0.353 e. The van der Waals surface area contributed by atoms with E-state index in [1.54, 1.807) is 12.1 Å². The number of nitrogens with one attached hydrogen (secondary N) is 1. The highest BCUT2D eigenvalue weighted by Gasteiger charge is 2.27. The number of hydrogen-bond donors (Lipinski definition) is 1. The Kier molecular flexibility index (Phi) is 3.43. The minimum Gasteiger partial charge on any atom is -0.353 e. The average molecular weight is 334 g/mol. The van der Waals surface area contributed by atoms with Crippen molar-refractivity contribution in [1.82, 2.24) is 9.97 Å². The minimum atomic E-state index is -3.74. The summed E-state index contributed by atoms with van der Waals surface area (Å²) < 4.78 is 26.4. The van der Waals surface area contributed by atoms with Crippen molar-refractivity contribution in [3.63, 3.8) is 0 Å². The van der Waals surface area contributed by atoms with E-state index in [1.807, 2.05) is 54.6 Å². The van der Waals surface area contributed by atoms with Gasteiger partial charge in [0.1, 0.15) is 4.90 Å². The SMILES string of the molecule is O=S(=O)(c1ccccn1)c1c(-c2ccccc2)[nH]c2ccccc12. The number of nitrogens with zero attached hydrogens (tertiary/aromatic N) is 1. The first-order chi connectivity index (χ1) is 11.7. The highest BCUT2D eigenvalue weighted by molar-refractivity contribution is 7.91. The molecule has 0 radical (unpaired) electrons. The van der Waals surface area contributed by atoms with Crippen LogP contribution < -0.4 is 0 Å². The molecule has 0 unspecified atom stereocenters. The van der Waals surface area contributed by atoms with Gasteiger partial charge in [-0.25, -0.2) is 13.4 Å². The molecule has 118 valence electrons. The van der Waals surface area contributed by atoms with E-state index in [-0.39, 0.29) is 9.92 Å². The van der Waals surface area contributed by atoms with E-state index in [2.05, 4.69) is 9.97 Å². The Balaban J connectivity index is 2.08. The van der Waals surface area contributed by atoms with Crippen molar-refractivity contribution in [3.8, 4) is 11.3 Å². The maximum atomic E-state index is 13.2. The van der Waals surface area contributed by atoms with Gasteiger partial charge in [-0.3, -0.25) is 0 Å². The Morgan fingerprint density at radius 1 is 0.792 bits per heavy atom. The van der Waals surface area contributed by atoms with Crippen LogP contribution in [0.2, 0.25) is 0 Å². The first-order valence-corrected chi connectivity index (χ1v) is 8.98. The van der Waals surface area contributed by atoms with Crippen LogP contribution >= 0.6 is 0 Å². The molecule has 0 aliphatic rings. The molecule has 2 aromatic heterocycles. The number of para-hydroxylation sites is 1. The molecule has 4 aromatic rings. The quantitative estimate of drug-likeness (QED) is 0.614. The van der Waals surface area contributed by atoms with E-state index in [9.17, 15) is 8.42 Å². The van der Waals surface area contributed by atoms with E-state index >= 15 is 0 Å². The summed E-state index contributed by atoms with van der Waals surface area (Å²) >= 11 is 0. The van der Waals surface area contributed by atoms with Crippen LogP contribution in [0.15, 0.2) is 88.9 Å². The van der Waals surface area contributed by atoms with Crippen molar-refractivity contribution in [2.45, 2.75) is 9.92 Å². The number of fused-ring (bicyclic) bond motifs is 1. The lowest BCUT2D eigenvalue weighted by Crippen LogP contribution is -2.05. The second-order valence-corrected chi connectivity index (χ2v) is 7.25. The van der Waals surface area contributed by atoms with Crippen LogP contribution in [0.5, 0.6) is 0 Å². The molecule has 4 nitrogen and oxygen atoms in total. The average Bonchev–Trinajstić information content (AvgIpc) is 3.03. The zero-order valence-corrected chi connectivity index (χ0v) is 13.5. The number of rotatable bonds is 3. The third-order valence-corrected chi connectivity index (χ3v) is 5.66. The molecule has 4 rings (SSSR count). The second-order valence-electron chi connectivity index (χ2n) is 5.41. The van der Waals surface area contributed by atoms with Gasteiger partial charge in [-0.1, -0.05) is 54.6 Å². The molecule has 0 amide bonds. The zero-order valence-electron chi connectivity index (χ0n) is 12.7. The molecule has 0 spiro atoms. The van der Waals surface area contributed by atoms with Crippen LogP contribution in [0.3, 0.4) is 0 Å². The number of aromatic nitrogens is 2. The van der Waals surface area contributed by atoms with Crippen LogP contribution in [0.1, 0.15) is 0 Å². The molecular weight excluding hydrogens is 320 g/mol. The molecule has 1 N–H and O–H groups in total. The molecule has 5 heteroatoms. The van der Waals surface area contributed by atoms with Crippen LogP contribution in [0.4, 0.5) is 0 Å². The van der Waals surface area contributed by atoms with Crippen molar-refractivity contribution >= 4 is 20.7 Å². The van der Waals surface area contributed by atoms with Crippen molar-refractivity contribution in [2.75, 3.05) is 0 Å². The van der Waals surface area contributed by atoms with Gasteiger partial charge >= 0.3 is 0 Å². The monoisotopic (exact) mass is 334 g/mol. The minimum absolute atomic E-state index is 0.0481. The molecule has 0 saturated carbocycles. The van der Waals surface area contributed by atoms with E-state index < -0.39 is 9.84 Å². The van der Waals surface area contributed by atoms with Crippen LogP contribution in [0.25, 0.3) is 22.2 Å². The zero-order chi connectivity index (χ0) is 16.6. The molecule has 2 heterocycles. The number of aromatic amines is 1. The number of H-pyrrole nitrogens is 1. The third kappa shape index (κ3) is 2.30. The number of benzene rings is 2. The lowest BCUT2D eigenvalue weighted by atomic mass is 10.1. The van der Waals surface area contributed by atoms with E-state index in [0.29, 0.717) is 11.1 Å². The smallest absolute Gasteiger partial charge is 0.226 e. The van der Waals surface area contributed by atoms with Gasteiger partial charge in [0, 0.05) is 17.1 Å². The Bertz CT molecular complexity index is 1100. The maximum Gasteiger partial charge on any atom is 0.226 e. The summed E-state index contributed by atoms with van der Waals surface area (Å²) in [6, 6.07) is 21.8. The van der Waals surface area contributed by atoms with Gasteiger partial charge in [0.05, 0.1) is 5.69 Å². The van der Waals surface area contributed by atoms with Crippen molar-refractivity contribution in [1.29, 1.82) is 0 Å². The molecule has 0 saturated heterocycles. The van der Waals surface area contributed by atoms with Gasteiger partial charge in [-0.15, -0.1) is 0 Å². The first kappa shape index (κ1) is 14.7. The van der Waals surface area contributed by atoms with Crippen LogP contribution in [-0.4, -0.2) is 18.4 Å². The Morgan fingerprint density at radius 2 is 1.50 bits per heavy atom. The Morgan fingerprint density at radius 3 is 2.25 bits per heavy atom. The van der Waals surface area contributed by atoms with Crippen LogP contribution in [-0.2, 0) is 9.84 Å². The number of hydrogen-bond acceptors (Lipinski definition) is 3. The predicted octanol–water partition coefficient (Wildman–Crippen LogP) is 4.06. The van der Waals surface area contributed by atoms with Gasteiger partial charge in [-0.05, 0) is 23.8 Å².